The molecule has 1 aromatic rings. The zero-order valence-electron chi connectivity index (χ0n) is 10.8. The minimum Gasteiger partial charge on any atom is -0.480 e. The Morgan fingerprint density at radius 1 is 1.24 bits per heavy atom. The molecule has 4 nitrogen and oxygen atoms in total. The average molecular weight is 236 g/mol. The molecule has 17 heavy (non-hydrogen) atoms. The van der Waals surface area contributed by atoms with Gasteiger partial charge in [0.05, 0.1) is 7.11 Å². The Morgan fingerprint density at radius 2 is 1.88 bits per heavy atom. The summed E-state index contributed by atoms with van der Waals surface area (Å²) >= 11 is 0. The largest absolute Gasteiger partial charge is 0.480 e. The summed E-state index contributed by atoms with van der Waals surface area (Å²) in [5, 5.41) is 7.74. The number of ether oxygens (including phenoxy) is 1. The third-order valence-electron chi connectivity index (χ3n) is 2.75. The smallest absolute Gasteiger partial charge is 0.233 e. The van der Waals surface area contributed by atoms with E-state index in [0.717, 1.165) is 25.7 Å². The molecule has 0 fully saturated rings. The van der Waals surface area contributed by atoms with Crippen LogP contribution in [-0.2, 0) is 0 Å². The van der Waals surface area contributed by atoms with Crippen molar-refractivity contribution in [3.8, 4) is 5.88 Å². The molecular formula is C13H20N2O2. The second kappa shape index (κ2) is 6.99. The van der Waals surface area contributed by atoms with E-state index in [4.69, 9.17) is 4.74 Å². The summed E-state index contributed by atoms with van der Waals surface area (Å²) in [6.45, 7) is 4.19. The average Bonchev–Trinajstić information content (AvgIpc) is 2.38. The van der Waals surface area contributed by atoms with Crippen LogP contribution >= 0.6 is 0 Å². The second-order valence-corrected chi connectivity index (χ2v) is 4.10. The third-order valence-corrected chi connectivity index (χ3v) is 2.75. The summed E-state index contributed by atoms with van der Waals surface area (Å²) in [5.74, 6) is 0.612. The number of Topliss-reactive ketones (excluding diaryl/α,β-unsaturated/α-hetero) is 1. The van der Waals surface area contributed by atoms with Crippen molar-refractivity contribution < 1.29 is 9.53 Å². The van der Waals surface area contributed by atoms with Crippen molar-refractivity contribution in [2.75, 3.05) is 7.11 Å². The topological polar surface area (TPSA) is 52.1 Å². The molecule has 0 bridgehead atoms. The Labute approximate surface area is 102 Å². The molecule has 0 amide bonds. The van der Waals surface area contributed by atoms with Crippen LogP contribution in [0.1, 0.15) is 50.0 Å². The minimum absolute atomic E-state index is 0.0766. The molecule has 0 atom stereocenters. The maximum Gasteiger partial charge on any atom is 0.233 e. The van der Waals surface area contributed by atoms with Crippen LogP contribution in [0, 0.1) is 5.92 Å². The molecule has 0 aromatic carbocycles. The van der Waals surface area contributed by atoms with Crippen molar-refractivity contribution in [1.29, 1.82) is 0 Å². The Kier molecular flexibility index (Phi) is 5.60. The first-order chi connectivity index (χ1) is 8.22. The highest BCUT2D eigenvalue weighted by molar-refractivity contribution is 5.95. The molecule has 1 aromatic heterocycles. The van der Waals surface area contributed by atoms with Crippen molar-refractivity contribution in [1.82, 2.24) is 10.2 Å². The number of hydrogen-bond donors (Lipinski definition) is 0. The maximum atomic E-state index is 12.2. The molecule has 94 valence electrons. The second-order valence-electron chi connectivity index (χ2n) is 4.10. The fourth-order valence-corrected chi connectivity index (χ4v) is 1.87. The van der Waals surface area contributed by atoms with Crippen LogP contribution < -0.4 is 4.74 Å². The standard InChI is InChI=1S/C13H20N2O2/c1-4-6-10(7-5-2)13(16)11-8-9-12(17-3)15-14-11/h8-10H,4-7H2,1-3H3. The van der Waals surface area contributed by atoms with Gasteiger partial charge < -0.3 is 4.74 Å². The molecule has 0 spiro atoms. The van der Waals surface area contributed by atoms with E-state index in [1.54, 1.807) is 12.1 Å². The van der Waals surface area contributed by atoms with Gasteiger partial charge in [-0.15, -0.1) is 10.2 Å². The highest BCUT2D eigenvalue weighted by Gasteiger charge is 2.19. The van der Waals surface area contributed by atoms with Crippen LogP contribution in [-0.4, -0.2) is 23.1 Å². The Morgan fingerprint density at radius 3 is 2.29 bits per heavy atom. The van der Waals surface area contributed by atoms with Gasteiger partial charge in [0.1, 0.15) is 5.69 Å². The van der Waals surface area contributed by atoms with Gasteiger partial charge in [0.2, 0.25) is 5.88 Å². The number of carbonyl (C=O) groups is 1. The molecule has 1 rings (SSSR count). The van der Waals surface area contributed by atoms with E-state index in [9.17, 15) is 4.79 Å². The van der Waals surface area contributed by atoms with E-state index in [2.05, 4.69) is 24.0 Å². The molecule has 0 aliphatic rings. The normalized spacial score (nSPS) is 10.6. The highest BCUT2D eigenvalue weighted by Crippen LogP contribution is 2.18. The number of carbonyl (C=O) groups excluding carboxylic acids is 1. The van der Waals surface area contributed by atoms with Crippen molar-refractivity contribution in [2.24, 2.45) is 5.92 Å². The maximum absolute atomic E-state index is 12.2. The van der Waals surface area contributed by atoms with Gasteiger partial charge in [0, 0.05) is 12.0 Å². The van der Waals surface area contributed by atoms with Crippen molar-refractivity contribution >= 4 is 5.78 Å². The van der Waals surface area contributed by atoms with Crippen LogP contribution in [0.5, 0.6) is 5.88 Å². The number of rotatable bonds is 7. The molecule has 0 aliphatic heterocycles. The molecule has 4 heteroatoms. The summed E-state index contributed by atoms with van der Waals surface area (Å²) < 4.78 is 4.92. The van der Waals surface area contributed by atoms with Crippen LogP contribution in [0.15, 0.2) is 12.1 Å². The molecule has 0 unspecified atom stereocenters. The lowest BCUT2D eigenvalue weighted by molar-refractivity contribution is 0.0898. The number of methoxy groups -OCH3 is 1. The molecule has 0 N–H and O–H groups in total. The van der Waals surface area contributed by atoms with E-state index in [1.165, 1.54) is 7.11 Å². The van der Waals surface area contributed by atoms with Crippen LogP contribution in [0.2, 0.25) is 0 Å². The molecule has 0 saturated heterocycles. The van der Waals surface area contributed by atoms with E-state index < -0.39 is 0 Å². The first-order valence-electron chi connectivity index (χ1n) is 6.14. The van der Waals surface area contributed by atoms with Gasteiger partial charge in [-0.1, -0.05) is 26.7 Å². The Bertz CT molecular complexity index is 343. The summed E-state index contributed by atoms with van der Waals surface area (Å²) in [4.78, 5) is 12.2. The van der Waals surface area contributed by atoms with Crippen molar-refractivity contribution in [3.63, 3.8) is 0 Å². The number of hydrogen-bond acceptors (Lipinski definition) is 4. The van der Waals surface area contributed by atoms with Gasteiger partial charge in [0.25, 0.3) is 0 Å². The summed E-state index contributed by atoms with van der Waals surface area (Å²) in [6, 6.07) is 3.36. The van der Waals surface area contributed by atoms with E-state index in [-0.39, 0.29) is 11.7 Å². The van der Waals surface area contributed by atoms with Gasteiger partial charge in [-0.25, -0.2) is 0 Å². The van der Waals surface area contributed by atoms with Gasteiger partial charge in [-0.2, -0.15) is 0 Å². The zero-order valence-corrected chi connectivity index (χ0v) is 10.8. The lowest BCUT2D eigenvalue weighted by atomic mass is 9.92. The molecular weight excluding hydrogens is 216 g/mol. The number of ketones is 1. The molecule has 0 saturated carbocycles. The van der Waals surface area contributed by atoms with Crippen molar-refractivity contribution in [2.45, 2.75) is 39.5 Å². The SMILES string of the molecule is CCCC(CCC)C(=O)c1ccc(OC)nn1. The monoisotopic (exact) mass is 236 g/mol. The predicted octanol–water partition coefficient (Wildman–Crippen LogP) is 2.88. The van der Waals surface area contributed by atoms with Crippen LogP contribution in [0.25, 0.3) is 0 Å². The van der Waals surface area contributed by atoms with E-state index >= 15 is 0 Å². The number of nitrogens with zero attached hydrogens (tertiary/aromatic N) is 2. The van der Waals surface area contributed by atoms with Gasteiger partial charge in [-0.3, -0.25) is 4.79 Å². The zero-order chi connectivity index (χ0) is 12.7. The third kappa shape index (κ3) is 3.80. The van der Waals surface area contributed by atoms with Gasteiger partial charge in [-0.05, 0) is 18.9 Å². The first-order valence-corrected chi connectivity index (χ1v) is 6.14. The fourth-order valence-electron chi connectivity index (χ4n) is 1.87. The highest BCUT2D eigenvalue weighted by atomic mass is 16.5. The Balaban J connectivity index is 2.77. The van der Waals surface area contributed by atoms with Crippen LogP contribution in [0.4, 0.5) is 0 Å². The summed E-state index contributed by atoms with van der Waals surface area (Å²) in [5.41, 5.74) is 0.442. The summed E-state index contributed by atoms with van der Waals surface area (Å²) in [6.07, 6.45) is 3.86. The van der Waals surface area contributed by atoms with Crippen molar-refractivity contribution in [3.05, 3.63) is 17.8 Å². The molecule has 0 aliphatic carbocycles. The van der Waals surface area contributed by atoms with Crippen LogP contribution in [0.3, 0.4) is 0 Å². The fraction of sp³-hybridized carbons (Fsp3) is 0.615. The summed E-state index contributed by atoms with van der Waals surface area (Å²) in [7, 11) is 1.53. The predicted molar refractivity (Wildman–Crippen MR) is 66.2 cm³/mol. The van der Waals surface area contributed by atoms with E-state index in [1.807, 2.05) is 0 Å². The quantitative estimate of drug-likeness (QED) is 0.683. The van der Waals surface area contributed by atoms with E-state index in [0.29, 0.717) is 11.6 Å². The lowest BCUT2D eigenvalue weighted by Gasteiger charge is -2.12. The minimum atomic E-state index is 0.0766. The molecule has 0 radical (unpaired) electrons. The number of aromatic nitrogens is 2. The molecule has 1 heterocycles. The first kappa shape index (κ1) is 13.6. The Hall–Kier alpha value is -1.45. The van der Waals surface area contributed by atoms with Gasteiger partial charge >= 0.3 is 0 Å². The lowest BCUT2D eigenvalue weighted by Crippen LogP contribution is -2.16. The van der Waals surface area contributed by atoms with Gasteiger partial charge in [0.15, 0.2) is 5.78 Å².